The molecule has 0 saturated carbocycles. The zero-order valence-corrected chi connectivity index (χ0v) is 49.1. The van der Waals surface area contributed by atoms with Gasteiger partial charge in [0.25, 0.3) is 0 Å². The molecule has 0 rings (SSSR count). The van der Waals surface area contributed by atoms with E-state index >= 15 is 0 Å². The van der Waals surface area contributed by atoms with Crippen LogP contribution in [0.3, 0.4) is 0 Å². The van der Waals surface area contributed by atoms with Gasteiger partial charge in [-0.2, -0.15) is 0 Å². The summed E-state index contributed by atoms with van der Waals surface area (Å²) in [5.41, 5.74) is 0. The first-order valence-electron chi connectivity index (χ1n) is 31.9. The van der Waals surface area contributed by atoms with Gasteiger partial charge in [-0.25, -0.2) is 0 Å². The highest BCUT2D eigenvalue weighted by atomic mass is 16.6. The normalized spacial score (nSPS) is 12.5. The minimum absolute atomic E-state index is 0.0889. The maximum absolute atomic E-state index is 12.9. The Morgan fingerprint density at radius 3 is 0.824 bits per heavy atom. The van der Waals surface area contributed by atoms with E-state index in [1.807, 2.05) is 0 Å². The first kappa shape index (κ1) is 70.8. The first-order valence-corrected chi connectivity index (χ1v) is 31.9. The van der Waals surface area contributed by atoms with E-state index < -0.39 is 6.10 Å². The molecule has 0 heterocycles. The Hall–Kier alpha value is -3.15. The van der Waals surface area contributed by atoms with Gasteiger partial charge in [0.15, 0.2) is 6.10 Å². The summed E-state index contributed by atoms with van der Waals surface area (Å²) in [6.45, 7) is 6.53. The summed E-state index contributed by atoms with van der Waals surface area (Å²) in [4.78, 5) is 38.3. The summed E-state index contributed by atoms with van der Waals surface area (Å²) in [5, 5.41) is 0. The number of unbranched alkanes of at least 4 members (excludes halogenated alkanes) is 35. The van der Waals surface area contributed by atoms with Crippen molar-refractivity contribution in [3.05, 3.63) is 72.9 Å². The average Bonchev–Trinajstić information content (AvgIpc) is 3.40. The lowest BCUT2D eigenvalue weighted by molar-refractivity contribution is -0.167. The molecule has 0 aromatic rings. The van der Waals surface area contributed by atoms with E-state index in [4.69, 9.17) is 14.2 Å². The molecule has 0 spiro atoms. The van der Waals surface area contributed by atoms with Crippen molar-refractivity contribution in [1.82, 2.24) is 0 Å². The average molecular weight is 1030 g/mol. The fourth-order valence-electron chi connectivity index (χ4n) is 9.21. The third-order valence-corrected chi connectivity index (χ3v) is 14.0. The van der Waals surface area contributed by atoms with Crippen molar-refractivity contribution >= 4 is 17.9 Å². The summed E-state index contributed by atoms with van der Waals surface area (Å²) >= 11 is 0. The lowest BCUT2D eigenvalue weighted by atomic mass is 10.0. The second-order valence-electron chi connectivity index (χ2n) is 21.3. The molecular formula is C68H120O6. The summed E-state index contributed by atoms with van der Waals surface area (Å²) in [6, 6.07) is 0. The predicted molar refractivity (Wildman–Crippen MR) is 321 cm³/mol. The molecule has 1 atom stereocenters. The van der Waals surface area contributed by atoms with Crippen LogP contribution in [-0.2, 0) is 28.6 Å². The van der Waals surface area contributed by atoms with Crippen molar-refractivity contribution in [2.45, 2.75) is 329 Å². The van der Waals surface area contributed by atoms with E-state index in [9.17, 15) is 14.4 Å². The zero-order chi connectivity index (χ0) is 53.6. The van der Waals surface area contributed by atoms with Crippen LogP contribution in [0.2, 0.25) is 0 Å². The van der Waals surface area contributed by atoms with Crippen molar-refractivity contribution in [2.75, 3.05) is 13.2 Å². The van der Waals surface area contributed by atoms with Crippen molar-refractivity contribution in [3.63, 3.8) is 0 Å². The Bertz CT molecular complexity index is 1370. The Morgan fingerprint density at radius 2 is 0.527 bits per heavy atom. The van der Waals surface area contributed by atoms with Crippen molar-refractivity contribution in [1.29, 1.82) is 0 Å². The molecule has 0 amide bonds. The lowest BCUT2D eigenvalue weighted by Crippen LogP contribution is -2.30. The van der Waals surface area contributed by atoms with Gasteiger partial charge < -0.3 is 14.2 Å². The van der Waals surface area contributed by atoms with Crippen LogP contribution in [0.5, 0.6) is 0 Å². The van der Waals surface area contributed by atoms with Gasteiger partial charge in [-0.1, -0.05) is 306 Å². The van der Waals surface area contributed by atoms with Gasteiger partial charge >= 0.3 is 17.9 Å². The molecule has 0 bridgehead atoms. The van der Waals surface area contributed by atoms with Crippen LogP contribution in [0, 0.1) is 0 Å². The highest BCUT2D eigenvalue weighted by Crippen LogP contribution is 2.17. The summed E-state index contributed by atoms with van der Waals surface area (Å²) < 4.78 is 16.9. The van der Waals surface area contributed by atoms with E-state index in [1.54, 1.807) is 0 Å². The standard InChI is InChI=1S/C68H120O6/c1-4-7-10-13-16-19-22-25-27-29-31-33-34-36-37-39-41-43-46-49-52-55-58-61-67(70)73-64-65(63-72-66(69)60-57-54-51-48-45-24-21-18-15-12-9-6-3)74-68(71)62-59-56-53-50-47-44-42-40-38-35-32-30-28-26-23-20-17-14-11-8-5-2/h8,11,17,20,26,28,32,35,40,42,47,50,65H,4-7,9-10,12-16,18-19,21-25,27,29-31,33-34,36-39,41,43-46,48-49,51-64H2,1-3H3/b11-8-,20-17-,28-26-,35-32-,42-40-,50-47-. The summed E-state index contributed by atoms with van der Waals surface area (Å²) in [7, 11) is 0. The molecule has 6 heteroatoms. The Balaban J connectivity index is 4.34. The molecule has 0 aliphatic carbocycles. The number of carbonyl (C=O) groups is 3. The second kappa shape index (κ2) is 62.4. The number of carbonyl (C=O) groups excluding carboxylic acids is 3. The maximum Gasteiger partial charge on any atom is 0.306 e. The molecule has 428 valence electrons. The number of ether oxygens (including phenoxy) is 3. The monoisotopic (exact) mass is 1030 g/mol. The smallest absolute Gasteiger partial charge is 0.306 e. The molecule has 0 saturated heterocycles. The van der Waals surface area contributed by atoms with E-state index in [2.05, 4.69) is 93.7 Å². The fourth-order valence-corrected chi connectivity index (χ4v) is 9.21. The molecular weight excluding hydrogens is 913 g/mol. The molecule has 0 fully saturated rings. The van der Waals surface area contributed by atoms with Crippen molar-refractivity contribution in [2.24, 2.45) is 0 Å². The first-order chi connectivity index (χ1) is 36.5. The summed E-state index contributed by atoms with van der Waals surface area (Å²) in [6.07, 6.45) is 80.6. The molecule has 0 aromatic carbocycles. The van der Waals surface area contributed by atoms with Crippen LogP contribution in [0.25, 0.3) is 0 Å². The number of esters is 3. The summed E-state index contributed by atoms with van der Waals surface area (Å²) in [5.74, 6) is -0.916. The molecule has 0 aliphatic rings. The van der Waals surface area contributed by atoms with Crippen LogP contribution >= 0.6 is 0 Å². The number of rotatable bonds is 58. The van der Waals surface area contributed by atoms with E-state index in [1.165, 1.54) is 186 Å². The Kier molecular flexibility index (Phi) is 59.7. The zero-order valence-electron chi connectivity index (χ0n) is 49.1. The SMILES string of the molecule is CC/C=C\C/C=C\C/C=C\C/C=C\C/C=C\C/C=C\CCCCC(=O)OC(COC(=O)CCCCCCCCCCCCCC)COC(=O)CCCCCCCCCCCCCCCCCCCCCCCCC. The molecule has 0 radical (unpaired) electrons. The lowest BCUT2D eigenvalue weighted by Gasteiger charge is -2.18. The van der Waals surface area contributed by atoms with Crippen LogP contribution in [-0.4, -0.2) is 37.2 Å². The quantitative estimate of drug-likeness (QED) is 0.0261. The Morgan fingerprint density at radius 1 is 0.284 bits per heavy atom. The van der Waals surface area contributed by atoms with Crippen LogP contribution in [0.4, 0.5) is 0 Å². The minimum Gasteiger partial charge on any atom is -0.462 e. The fraction of sp³-hybridized carbons (Fsp3) is 0.779. The topological polar surface area (TPSA) is 78.9 Å². The van der Waals surface area contributed by atoms with Gasteiger partial charge in [0.05, 0.1) is 0 Å². The van der Waals surface area contributed by atoms with Crippen molar-refractivity contribution < 1.29 is 28.6 Å². The minimum atomic E-state index is -0.796. The molecule has 0 N–H and O–H groups in total. The van der Waals surface area contributed by atoms with Crippen molar-refractivity contribution in [3.8, 4) is 0 Å². The highest BCUT2D eigenvalue weighted by molar-refractivity contribution is 5.71. The van der Waals surface area contributed by atoms with Gasteiger partial charge in [0.1, 0.15) is 13.2 Å². The maximum atomic E-state index is 12.9. The third kappa shape index (κ3) is 59.7. The predicted octanol–water partition coefficient (Wildman–Crippen LogP) is 21.7. The van der Waals surface area contributed by atoms with Gasteiger partial charge in [0, 0.05) is 19.3 Å². The largest absolute Gasteiger partial charge is 0.462 e. The molecule has 74 heavy (non-hydrogen) atoms. The molecule has 6 nitrogen and oxygen atoms in total. The Labute approximate surface area is 459 Å². The third-order valence-electron chi connectivity index (χ3n) is 14.0. The van der Waals surface area contributed by atoms with Gasteiger partial charge in [-0.05, 0) is 70.6 Å². The van der Waals surface area contributed by atoms with Gasteiger partial charge in [0.2, 0.25) is 0 Å². The van der Waals surface area contributed by atoms with Crippen LogP contribution < -0.4 is 0 Å². The molecule has 0 aliphatic heterocycles. The second-order valence-corrected chi connectivity index (χ2v) is 21.3. The van der Waals surface area contributed by atoms with Crippen LogP contribution in [0.1, 0.15) is 323 Å². The number of allylic oxidation sites excluding steroid dienone is 12. The molecule has 1 unspecified atom stereocenters. The highest BCUT2D eigenvalue weighted by Gasteiger charge is 2.19. The number of hydrogen-bond acceptors (Lipinski definition) is 6. The van der Waals surface area contributed by atoms with E-state index in [-0.39, 0.29) is 37.5 Å². The van der Waals surface area contributed by atoms with Gasteiger partial charge in [-0.3, -0.25) is 14.4 Å². The van der Waals surface area contributed by atoms with E-state index in [0.717, 1.165) is 89.9 Å². The van der Waals surface area contributed by atoms with Gasteiger partial charge in [-0.15, -0.1) is 0 Å². The molecule has 0 aromatic heterocycles. The van der Waals surface area contributed by atoms with E-state index in [0.29, 0.717) is 19.3 Å². The number of hydrogen-bond donors (Lipinski definition) is 0. The van der Waals surface area contributed by atoms with Crippen LogP contribution in [0.15, 0.2) is 72.9 Å².